The van der Waals surface area contributed by atoms with Gasteiger partial charge in [-0.15, -0.1) is 13.2 Å². The molecular weight excluding hydrogens is 215 g/mol. The van der Waals surface area contributed by atoms with E-state index in [1.165, 1.54) is 0 Å². The first kappa shape index (κ1) is 14.2. The van der Waals surface area contributed by atoms with Crippen molar-refractivity contribution in [2.24, 2.45) is 0 Å². The normalized spacial score (nSPS) is 12.1. The summed E-state index contributed by atoms with van der Waals surface area (Å²) >= 11 is 0. The number of carboxylic acid groups (broad SMARTS) is 1. The van der Waals surface area contributed by atoms with E-state index in [4.69, 9.17) is 5.11 Å². The van der Waals surface area contributed by atoms with E-state index in [2.05, 4.69) is 4.74 Å². The number of nitrogens with zero attached hydrogens (tertiary/aromatic N) is 1. The molecule has 0 atom stereocenters. The maximum absolute atomic E-state index is 11.6. The second-order valence-corrected chi connectivity index (χ2v) is 2.87. The number of ether oxygens (including phenoxy) is 1. The molecule has 0 aromatic heterocycles. The van der Waals surface area contributed by atoms with Gasteiger partial charge in [0.15, 0.2) is 0 Å². The second-order valence-electron chi connectivity index (χ2n) is 2.87. The van der Waals surface area contributed by atoms with E-state index in [0.717, 1.165) is 0 Å². The van der Waals surface area contributed by atoms with Crippen molar-refractivity contribution in [1.82, 2.24) is 4.90 Å². The van der Waals surface area contributed by atoms with Gasteiger partial charge in [0.2, 0.25) is 0 Å². The van der Waals surface area contributed by atoms with Gasteiger partial charge in [0.25, 0.3) is 0 Å². The summed E-state index contributed by atoms with van der Waals surface area (Å²) in [6, 6.07) is 0. The molecule has 0 aliphatic carbocycles. The molecule has 0 bridgehead atoms. The topological polar surface area (TPSA) is 49.8 Å². The number of likely N-dealkylation sites (N-methyl/N-ethyl adjacent to an activating group) is 1. The van der Waals surface area contributed by atoms with Crippen molar-refractivity contribution in [3.05, 3.63) is 0 Å². The van der Waals surface area contributed by atoms with Crippen LogP contribution in [0.3, 0.4) is 0 Å². The number of alkyl halides is 3. The van der Waals surface area contributed by atoms with Crippen LogP contribution in [0.5, 0.6) is 0 Å². The fraction of sp³-hybridized carbons (Fsp3) is 0.875. The molecule has 0 aliphatic heterocycles. The van der Waals surface area contributed by atoms with Gasteiger partial charge in [0, 0.05) is 13.1 Å². The predicted molar refractivity (Wildman–Crippen MR) is 46.4 cm³/mol. The fourth-order valence-corrected chi connectivity index (χ4v) is 0.972. The average Bonchev–Trinajstić information content (AvgIpc) is 2.08. The maximum Gasteiger partial charge on any atom is 0.522 e. The minimum atomic E-state index is -4.62. The Kier molecular flexibility index (Phi) is 6.26. The molecule has 0 amide bonds. The van der Waals surface area contributed by atoms with Crippen molar-refractivity contribution in [3.63, 3.8) is 0 Å². The summed E-state index contributed by atoms with van der Waals surface area (Å²) in [6.45, 7) is 2.07. The first-order valence-corrected chi connectivity index (χ1v) is 4.50. The molecule has 7 heteroatoms. The van der Waals surface area contributed by atoms with Gasteiger partial charge in [0.1, 0.15) is 0 Å². The summed E-state index contributed by atoms with van der Waals surface area (Å²) in [4.78, 5) is 11.8. The lowest BCUT2D eigenvalue weighted by Crippen LogP contribution is -2.31. The molecular formula is C8H14F3NO3. The third-order valence-electron chi connectivity index (χ3n) is 1.76. The molecule has 0 aliphatic rings. The zero-order valence-corrected chi connectivity index (χ0v) is 8.38. The van der Waals surface area contributed by atoms with Gasteiger partial charge in [-0.25, -0.2) is 0 Å². The molecule has 1 N–H and O–H groups in total. The number of carbonyl (C=O) groups is 1. The minimum Gasteiger partial charge on any atom is -0.481 e. The summed E-state index contributed by atoms with van der Waals surface area (Å²) in [6.07, 6.45) is -4.70. The van der Waals surface area contributed by atoms with E-state index in [-0.39, 0.29) is 19.5 Å². The van der Waals surface area contributed by atoms with Gasteiger partial charge in [-0.1, -0.05) is 6.92 Å². The van der Waals surface area contributed by atoms with E-state index in [1.807, 2.05) is 0 Å². The Bertz CT molecular complexity index is 196. The number of aliphatic carboxylic acids is 1. The molecule has 90 valence electrons. The number of rotatable bonds is 7. The molecule has 0 unspecified atom stereocenters. The van der Waals surface area contributed by atoms with Gasteiger partial charge in [-0.3, -0.25) is 9.53 Å². The SMILES string of the molecule is CCN(CCOC(F)(F)F)CCC(=O)O. The second kappa shape index (κ2) is 6.62. The molecule has 0 radical (unpaired) electrons. The monoisotopic (exact) mass is 229 g/mol. The highest BCUT2D eigenvalue weighted by Crippen LogP contribution is 2.15. The van der Waals surface area contributed by atoms with Gasteiger partial charge < -0.3 is 10.0 Å². The third-order valence-corrected chi connectivity index (χ3v) is 1.76. The van der Waals surface area contributed by atoms with Gasteiger partial charge >= 0.3 is 12.3 Å². The average molecular weight is 229 g/mol. The van der Waals surface area contributed by atoms with E-state index < -0.39 is 18.9 Å². The van der Waals surface area contributed by atoms with Crippen LogP contribution in [0.25, 0.3) is 0 Å². The number of halogens is 3. The maximum atomic E-state index is 11.6. The zero-order chi connectivity index (χ0) is 11.9. The Morgan fingerprint density at radius 3 is 2.40 bits per heavy atom. The standard InChI is InChI=1S/C8H14F3NO3/c1-2-12(4-3-7(13)14)5-6-15-8(9,10)11/h2-6H2,1H3,(H,13,14). The summed E-state index contributed by atoms with van der Waals surface area (Å²) < 4.78 is 38.3. The molecule has 0 saturated heterocycles. The summed E-state index contributed by atoms with van der Waals surface area (Å²) in [5.74, 6) is -0.967. The lowest BCUT2D eigenvalue weighted by Gasteiger charge is -2.19. The lowest BCUT2D eigenvalue weighted by atomic mass is 10.4. The van der Waals surface area contributed by atoms with Crippen LogP contribution in [0, 0.1) is 0 Å². The predicted octanol–water partition coefficient (Wildman–Crippen LogP) is 1.32. The number of carboxylic acids is 1. The summed E-state index contributed by atoms with van der Waals surface area (Å²) in [5, 5.41) is 8.37. The quantitative estimate of drug-likeness (QED) is 0.715. The molecule has 0 rings (SSSR count). The first-order chi connectivity index (χ1) is 6.85. The summed E-state index contributed by atoms with van der Waals surface area (Å²) in [5.41, 5.74) is 0. The highest BCUT2D eigenvalue weighted by molar-refractivity contribution is 5.66. The summed E-state index contributed by atoms with van der Waals surface area (Å²) in [7, 11) is 0. The van der Waals surface area contributed by atoms with Crippen LogP contribution in [0.4, 0.5) is 13.2 Å². The van der Waals surface area contributed by atoms with Crippen molar-refractivity contribution < 1.29 is 27.8 Å². The van der Waals surface area contributed by atoms with Crippen molar-refractivity contribution in [1.29, 1.82) is 0 Å². The molecule has 4 nitrogen and oxygen atoms in total. The molecule has 0 heterocycles. The first-order valence-electron chi connectivity index (χ1n) is 4.50. The molecule has 0 aromatic carbocycles. The smallest absolute Gasteiger partial charge is 0.481 e. The fourth-order valence-electron chi connectivity index (χ4n) is 0.972. The van der Waals surface area contributed by atoms with Crippen molar-refractivity contribution in [2.45, 2.75) is 19.7 Å². The van der Waals surface area contributed by atoms with Crippen LogP contribution < -0.4 is 0 Å². The number of hydrogen-bond donors (Lipinski definition) is 1. The highest BCUT2D eigenvalue weighted by atomic mass is 19.4. The van der Waals surface area contributed by atoms with Gasteiger partial charge in [-0.2, -0.15) is 0 Å². The van der Waals surface area contributed by atoms with Crippen LogP contribution in [0.2, 0.25) is 0 Å². The van der Waals surface area contributed by atoms with Crippen molar-refractivity contribution in [2.75, 3.05) is 26.2 Å². The Labute approximate surface area is 85.6 Å². The van der Waals surface area contributed by atoms with E-state index in [0.29, 0.717) is 6.54 Å². The molecule has 15 heavy (non-hydrogen) atoms. The van der Waals surface area contributed by atoms with Crippen molar-refractivity contribution >= 4 is 5.97 Å². The number of hydrogen-bond acceptors (Lipinski definition) is 3. The molecule has 0 aromatic rings. The van der Waals surface area contributed by atoms with Crippen LogP contribution in [-0.2, 0) is 9.53 Å². The zero-order valence-electron chi connectivity index (χ0n) is 8.38. The molecule has 0 spiro atoms. The highest BCUT2D eigenvalue weighted by Gasteiger charge is 2.28. The van der Waals surface area contributed by atoms with Crippen LogP contribution >= 0.6 is 0 Å². The Balaban J connectivity index is 3.66. The lowest BCUT2D eigenvalue weighted by molar-refractivity contribution is -0.325. The Hall–Kier alpha value is -0.820. The van der Waals surface area contributed by atoms with E-state index >= 15 is 0 Å². The Morgan fingerprint density at radius 2 is 2.00 bits per heavy atom. The Morgan fingerprint density at radius 1 is 1.40 bits per heavy atom. The van der Waals surface area contributed by atoms with Crippen LogP contribution in [0.1, 0.15) is 13.3 Å². The van der Waals surface area contributed by atoms with Gasteiger partial charge in [-0.05, 0) is 6.54 Å². The minimum absolute atomic E-state index is 0.0727. The van der Waals surface area contributed by atoms with E-state index in [9.17, 15) is 18.0 Å². The molecule has 0 saturated carbocycles. The van der Waals surface area contributed by atoms with E-state index in [1.54, 1.807) is 11.8 Å². The molecule has 0 fully saturated rings. The largest absolute Gasteiger partial charge is 0.522 e. The third kappa shape index (κ3) is 9.48. The van der Waals surface area contributed by atoms with Crippen LogP contribution in [-0.4, -0.2) is 48.6 Å². The van der Waals surface area contributed by atoms with Gasteiger partial charge in [0.05, 0.1) is 13.0 Å². The van der Waals surface area contributed by atoms with Crippen molar-refractivity contribution in [3.8, 4) is 0 Å². The van der Waals surface area contributed by atoms with Crippen LogP contribution in [0.15, 0.2) is 0 Å².